The van der Waals surface area contributed by atoms with Gasteiger partial charge in [-0.2, -0.15) is 0 Å². The summed E-state index contributed by atoms with van der Waals surface area (Å²) in [7, 11) is 1.39. The number of esters is 1. The van der Waals surface area contributed by atoms with Gasteiger partial charge in [0.1, 0.15) is 0 Å². The number of para-hydroxylation sites is 1. The van der Waals surface area contributed by atoms with Crippen molar-refractivity contribution in [3.05, 3.63) is 47.0 Å². The van der Waals surface area contributed by atoms with Crippen LogP contribution >= 0.6 is 11.6 Å². The topological polar surface area (TPSA) is 31.2 Å². The average Bonchev–Trinajstić information content (AvgIpc) is 2.82. The van der Waals surface area contributed by atoms with Crippen LogP contribution in [0.4, 0.5) is 0 Å². The van der Waals surface area contributed by atoms with E-state index in [9.17, 15) is 4.79 Å². The first kappa shape index (κ1) is 13.0. The normalized spacial score (nSPS) is 11.2. The average molecular weight is 288 g/mol. The fraction of sp³-hybridized carbons (Fsp3) is 0.188. The third-order valence-corrected chi connectivity index (χ3v) is 3.89. The molecule has 0 aliphatic carbocycles. The summed E-state index contributed by atoms with van der Waals surface area (Å²) in [4.78, 5) is 12.0. The van der Waals surface area contributed by atoms with Crippen molar-refractivity contribution in [2.24, 2.45) is 0 Å². The highest BCUT2D eigenvalue weighted by Gasteiger charge is 2.19. The van der Waals surface area contributed by atoms with Gasteiger partial charge in [-0.25, -0.2) is 4.79 Å². The van der Waals surface area contributed by atoms with E-state index >= 15 is 0 Å². The predicted octanol–water partition coefficient (Wildman–Crippen LogP) is 4.25. The van der Waals surface area contributed by atoms with Crippen LogP contribution < -0.4 is 0 Å². The number of carbonyl (C=O) groups is 1. The van der Waals surface area contributed by atoms with Crippen LogP contribution in [0.3, 0.4) is 0 Å². The summed E-state index contributed by atoms with van der Waals surface area (Å²) in [5.74, 6) is -0.342. The molecule has 1 heterocycles. The number of carbonyl (C=O) groups excluding carboxylic acids is 1. The largest absolute Gasteiger partial charge is 0.465 e. The molecular weight excluding hydrogens is 274 g/mol. The molecule has 3 nitrogen and oxygen atoms in total. The maximum atomic E-state index is 12.0. The molecular formula is C16H14ClNO2. The Morgan fingerprint density at radius 1 is 1.25 bits per heavy atom. The molecule has 0 N–H and O–H groups in total. The lowest BCUT2D eigenvalue weighted by Gasteiger charge is -2.06. The summed E-state index contributed by atoms with van der Waals surface area (Å²) < 4.78 is 7.01. The van der Waals surface area contributed by atoms with Crippen LogP contribution in [0, 0.1) is 0 Å². The fourth-order valence-corrected chi connectivity index (χ4v) is 3.01. The van der Waals surface area contributed by atoms with Crippen LogP contribution in [0.15, 0.2) is 36.4 Å². The van der Waals surface area contributed by atoms with E-state index in [1.54, 1.807) is 12.1 Å². The summed E-state index contributed by atoms with van der Waals surface area (Å²) in [6.07, 6.45) is 0. The Balaban J connectivity index is 2.58. The van der Waals surface area contributed by atoms with Gasteiger partial charge in [0, 0.05) is 22.8 Å². The Labute approximate surface area is 121 Å². The molecule has 0 aliphatic heterocycles. The molecule has 1 aromatic heterocycles. The van der Waals surface area contributed by atoms with Crippen molar-refractivity contribution in [1.82, 2.24) is 4.57 Å². The molecule has 0 amide bonds. The molecule has 0 radical (unpaired) electrons. The van der Waals surface area contributed by atoms with Gasteiger partial charge in [0.15, 0.2) is 0 Å². The fourth-order valence-electron chi connectivity index (χ4n) is 2.75. The minimum atomic E-state index is -0.342. The molecule has 0 unspecified atom stereocenters. The summed E-state index contributed by atoms with van der Waals surface area (Å²) in [5.41, 5.74) is 2.51. The van der Waals surface area contributed by atoms with Gasteiger partial charge in [0.2, 0.25) is 0 Å². The van der Waals surface area contributed by atoms with Crippen molar-refractivity contribution in [3.63, 3.8) is 0 Å². The van der Waals surface area contributed by atoms with E-state index < -0.39 is 0 Å². The molecule has 3 aromatic rings. The molecule has 0 aliphatic rings. The van der Waals surface area contributed by atoms with Gasteiger partial charge in [-0.05, 0) is 25.1 Å². The molecule has 0 fully saturated rings. The van der Waals surface area contributed by atoms with E-state index in [0.29, 0.717) is 10.6 Å². The second-order valence-electron chi connectivity index (χ2n) is 4.57. The van der Waals surface area contributed by atoms with Gasteiger partial charge in [-0.15, -0.1) is 0 Å². The number of ether oxygens (including phenoxy) is 1. The molecule has 0 saturated carbocycles. The summed E-state index contributed by atoms with van der Waals surface area (Å²) in [6.45, 7) is 2.85. The number of hydrogen-bond acceptors (Lipinski definition) is 2. The number of aryl methyl sites for hydroxylation is 1. The van der Waals surface area contributed by atoms with E-state index in [1.165, 1.54) is 7.11 Å². The zero-order valence-electron chi connectivity index (χ0n) is 11.3. The Morgan fingerprint density at radius 3 is 2.70 bits per heavy atom. The number of fused-ring (bicyclic) bond motifs is 3. The second kappa shape index (κ2) is 4.84. The lowest BCUT2D eigenvalue weighted by atomic mass is 10.1. The summed E-state index contributed by atoms with van der Waals surface area (Å²) in [5, 5.41) is 2.53. The van der Waals surface area contributed by atoms with Gasteiger partial charge < -0.3 is 9.30 Å². The first-order valence-corrected chi connectivity index (χ1v) is 6.84. The van der Waals surface area contributed by atoms with Crippen molar-refractivity contribution in [1.29, 1.82) is 0 Å². The number of aromatic nitrogens is 1. The van der Waals surface area contributed by atoms with Gasteiger partial charge in [-0.3, -0.25) is 0 Å². The van der Waals surface area contributed by atoms with E-state index in [4.69, 9.17) is 16.3 Å². The van der Waals surface area contributed by atoms with E-state index in [0.717, 1.165) is 28.4 Å². The zero-order chi connectivity index (χ0) is 14.3. The van der Waals surface area contributed by atoms with Crippen LogP contribution in [0.5, 0.6) is 0 Å². The molecule has 0 saturated heterocycles. The zero-order valence-corrected chi connectivity index (χ0v) is 12.1. The monoisotopic (exact) mass is 287 g/mol. The molecule has 102 valence electrons. The molecule has 20 heavy (non-hydrogen) atoms. The number of benzene rings is 2. The highest BCUT2D eigenvalue weighted by Crippen LogP contribution is 2.36. The Kier molecular flexibility index (Phi) is 3.14. The third-order valence-electron chi connectivity index (χ3n) is 3.58. The quantitative estimate of drug-likeness (QED) is 0.660. The first-order valence-electron chi connectivity index (χ1n) is 6.46. The van der Waals surface area contributed by atoms with Crippen molar-refractivity contribution >= 4 is 39.4 Å². The second-order valence-corrected chi connectivity index (χ2v) is 4.98. The molecule has 0 atom stereocenters. The number of methoxy groups -OCH3 is 1. The standard InChI is InChI=1S/C16H14ClNO2/c1-3-18-13-7-5-4-6-10(13)14-11(16(19)20-2)8-9-12(17)15(14)18/h4-9H,3H2,1-2H3. The Bertz CT molecular complexity index is 820. The number of nitrogens with zero attached hydrogens (tertiary/aromatic N) is 1. The minimum Gasteiger partial charge on any atom is -0.465 e. The summed E-state index contributed by atoms with van der Waals surface area (Å²) >= 11 is 6.36. The smallest absolute Gasteiger partial charge is 0.338 e. The lowest BCUT2D eigenvalue weighted by molar-refractivity contribution is 0.0603. The third kappa shape index (κ3) is 1.70. The summed E-state index contributed by atoms with van der Waals surface area (Å²) in [6, 6.07) is 11.5. The van der Waals surface area contributed by atoms with Crippen LogP contribution in [-0.2, 0) is 11.3 Å². The molecule has 3 rings (SSSR count). The van der Waals surface area contributed by atoms with E-state index in [-0.39, 0.29) is 5.97 Å². The van der Waals surface area contributed by atoms with Crippen molar-refractivity contribution in [3.8, 4) is 0 Å². The van der Waals surface area contributed by atoms with Crippen LogP contribution in [0.25, 0.3) is 21.8 Å². The van der Waals surface area contributed by atoms with Crippen LogP contribution in [-0.4, -0.2) is 17.6 Å². The highest BCUT2D eigenvalue weighted by atomic mass is 35.5. The minimum absolute atomic E-state index is 0.342. The highest BCUT2D eigenvalue weighted by molar-refractivity contribution is 6.37. The lowest BCUT2D eigenvalue weighted by Crippen LogP contribution is -2.02. The van der Waals surface area contributed by atoms with Crippen molar-refractivity contribution in [2.45, 2.75) is 13.5 Å². The van der Waals surface area contributed by atoms with Gasteiger partial charge in [-0.1, -0.05) is 29.8 Å². The van der Waals surface area contributed by atoms with Crippen molar-refractivity contribution in [2.75, 3.05) is 7.11 Å². The van der Waals surface area contributed by atoms with Gasteiger partial charge >= 0.3 is 5.97 Å². The SMILES string of the molecule is CCn1c2ccccc2c2c(C(=O)OC)ccc(Cl)c21. The number of halogens is 1. The molecule has 0 spiro atoms. The van der Waals surface area contributed by atoms with Gasteiger partial charge in [0.05, 0.1) is 23.2 Å². The Morgan fingerprint density at radius 2 is 2.00 bits per heavy atom. The molecule has 0 bridgehead atoms. The predicted molar refractivity (Wildman–Crippen MR) is 81.5 cm³/mol. The van der Waals surface area contributed by atoms with Gasteiger partial charge in [0.25, 0.3) is 0 Å². The maximum absolute atomic E-state index is 12.0. The Hall–Kier alpha value is -2.00. The van der Waals surface area contributed by atoms with Crippen LogP contribution in [0.2, 0.25) is 5.02 Å². The number of rotatable bonds is 2. The number of hydrogen-bond donors (Lipinski definition) is 0. The van der Waals surface area contributed by atoms with Crippen LogP contribution in [0.1, 0.15) is 17.3 Å². The van der Waals surface area contributed by atoms with Crippen molar-refractivity contribution < 1.29 is 9.53 Å². The molecule has 2 aromatic carbocycles. The maximum Gasteiger partial charge on any atom is 0.338 e. The first-order chi connectivity index (χ1) is 9.69. The van der Waals surface area contributed by atoms with E-state index in [1.807, 2.05) is 24.3 Å². The molecule has 4 heteroatoms. The van der Waals surface area contributed by atoms with E-state index in [2.05, 4.69) is 11.5 Å².